The van der Waals surface area contributed by atoms with Crippen LogP contribution in [0.1, 0.15) is 50.8 Å². The predicted molar refractivity (Wildman–Crippen MR) is 89.4 cm³/mol. The molecule has 0 aliphatic carbocycles. The molecule has 0 bridgehead atoms. The average molecular weight is 351 g/mol. The number of nitrogens with zero attached hydrogens (tertiary/aromatic N) is 1. The second-order valence-electron chi connectivity index (χ2n) is 7.36. The second kappa shape index (κ2) is 6.72. The lowest BCUT2D eigenvalue weighted by molar-refractivity contribution is 0.00417. The number of rotatable bonds is 3. The van der Waals surface area contributed by atoms with Gasteiger partial charge in [0.1, 0.15) is 11.7 Å². The van der Waals surface area contributed by atoms with Crippen molar-refractivity contribution in [2.75, 3.05) is 13.3 Å². The first kappa shape index (κ1) is 17.8. The van der Waals surface area contributed by atoms with Gasteiger partial charge >= 0.3 is 6.09 Å². The zero-order valence-electron chi connectivity index (χ0n) is 14.8. The van der Waals surface area contributed by atoms with Crippen molar-refractivity contribution in [3.8, 4) is 11.5 Å². The molecule has 0 aromatic heterocycles. The highest BCUT2D eigenvalue weighted by atomic mass is 16.7. The number of aliphatic hydroxyl groups excluding tert-OH is 2. The molecule has 2 N–H and O–H groups in total. The largest absolute Gasteiger partial charge is 0.454 e. The Labute approximate surface area is 147 Å². The van der Waals surface area contributed by atoms with Gasteiger partial charge in [-0.15, -0.1) is 0 Å². The third-order valence-corrected chi connectivity index (χ3v) is 4.43. The number of hydrogen-bond donors (Lipinski definition) is 2. The van der Waals surface area contributed by atoms with Crippen molar-refractivity contribution < 1.29 is 29.2 Å². The number of amides is 1. The topological polar surface area (TPSA) is 88.5 Å². The molecular weight excluding hydrogens is 326 g/mol. The van der Waals surface area contributed by atoms with Crippen molar-refractivity contribution in [3.05, 3.63) is 23.3 Å². The SMILES string of the molecule is CC(C)(C)OC(=O)N1CCCC1C(O)c1c(CO)ccc2c1OCO2. The van der Waals surface area contributed by atoms with Gasteiger partial charge in [0, 0.05) is 12.1 Å². The highest BCUT2D eigenvalue weighted by Crippen LogP contribution is 2.44. The fourth-order valence-corrected chi connectivity index (χ4v) is 3.36. The number of likely N-dealkylation sites (tertiary alicyclic amines) is 1. The van der Waals surface area contributed by atoms with E-state index in [0.717, 1.165) is 6.42 Å². The highest BCUT2D eigenvalue weighted by Gasteiger charge is 2.39. The minimum absolute atomic E-state index is 0.0738. The molecular formula is C18H25NO6. The van der Waals surface area contributed by atoms with Gasteiger partial charge in [-0.05, 0) is 45.2 Å². The van der Waals surface area contributed by atoms with Crippen LogP contribution < -0.4 is 9.47 Å². The maximum Gasteiger partial charge on any atom is 0.410 e. The van der Waals surface area contributed by atoms with E-state index in [1.807, 2.05) is 20.8 Å². The van der Waals surface area contributed by atoms with Crippen molar-refractivity contribution in [2.24, 2.45) is 0 Å². The van der Waals surface area contributed by atoms with Gasteiger partial charge in [0.15, 0.2) is 11.5 Å². The van der Waals surface area contributed by atoms with Crippen LogP contribution >= 0.6 is 0 Å². The lowest BCUT2D eigenvalue weighted by Gasteiger charge is -2.32. The summed E-state index contributed by atoms with van der Waals surface area (Å²) in [6.45, 7) is 5.80. The molecule has 7 heteroatoms. The van der Waals surface area contributed by atoms with Gasteiger partial charge in [0.05, 0.1) is 12.6 Å². The molecule has 1 fully saturated rings. The van der Waals surface area contributed by atoms with Crippen LogP contribution in [0.5, 0.6) is 11.5 Å². The number of aliphatic hydroxyl groups is 2. The molecule has 2 aliphatic rings. The summed E-state index contributed by atoms with van der Waals surface area (Å²) in [6.07, 6.45) is -0.00407. The van der Waals surface area contributed by atoms with Crippen LogP contribution in [-0.4, -0.2) is 46.2 Å². The Balaban J connectivity index is 1.89. The minimum Gasteiger partial charge on any atom is -0.454 e. The normalized spacial score (nSPS) is 20.7. The first-order valence-electron chi connectivity index (χ1n) is 8.51. The second-order valence-corrected chi connectivity index (χ2v) is 7.36. The maximum atomic E-state index is 12.5. The quantitative estimate of drug-likeness (QED) is 0.869. The Kier molecular flexibility index (Phi) is 4.79. The van der Waals surface area contributed by atoms with Crippen LogP contribution in [0.2, 0.25) is 0 Å². The summed E-state index contributed by atoms with van der Waals surface area (Å²) in [4.78, 5) is 14.0. The van der Waals surface area contributed by atoms with Crippen LogP contribution in [0.3, 0.4) is 0 Å². The molecule has 1 amide bonds. The van der Waals surface area contributed by atoms with E-state index in [1.165, 1.54) is 0 Å². The van der Waals surface area contributed by atoms with Crippen molar-refractivity contribution in [3.63, 3.8) is 0 Å². The molecule has 0 saturated carbocycles. The fourth-order valence-electron chi connectivity index (χ4n) is 3.36. The Morgan fingerprint density at radius 2 is 2.16 bits per heavy atom. The summed E-state index contributed by atoms with van der Waals surface area (Å²) in [5.41, 5.74) is 0.446. The summed E-state index contributed by atoms with van der Waals surface area (Å²) < 4.78 is 16.3. The third kappa shape index (κ3) is 3.52. The zero-order chi connectivity index (χ0) is 18.2. The number of hydrogen-bond acceptors (Lipinski definition) is 6. The summed E-state index contributed by atoms with van der Waals surface area (Å²) in [5.74, 6) is 0.975. The molecule has 7 nitrogen and oxygen atoms in total. The van der Waals surface area contributed by atoms with Crippen molar-refractivity contribution in [1.29, 1.82) is 0 Å². The van der Waals surface area contributed by atoms with Crippen LogP contribution in [0, 0.1) is 0 Å². The first-order chi connectivity index (χ1) is 11.8. The van der Waals surface area contributed by atoms with Gasteiger partial charge < -0.3 is 29.3 Å². The van der Waals surface area contributed by atoms with Crippen molar-refractivity contribution in [1.82, 2.24) is 4.90 Å². The monoisotopic (exact) mass is 351 g/mol. The molecule has 2 aliphatic heterocycles. The van der Waals surface area contributed by atoms with Gasteiger partial charge in [-0.25, -0.2) is 4.79 Å². The molecule has 1 aromatic carbocycles. The van der Waals surface area contributed by atoms with Gasteiger partial charge in [-0.2, -0.15) is 0 Å². The van der Waals surface area contributed by atoms with Crippen molar-refractivity contribution >= 4 is 6.09 Å². The summed E-state index contributed by atoms with van der Waals surface area (Å²) in [5, 5.41) is 20.7. The van der Waals surface area contributed by atoms with Gasteiger partial charge in [-0.1, -0.05) is 6.07 Å². The number of benzene rings is 1. The lowest BCUT2D eigenvalue weighted by atomic mass is 9.94. The predicted octanol–water partition coefficient (Wildman–Crippen LogP) is 2.34. The molecule has 0 spiro atoms. The van der Waals surface area contributed by atoms with E-state index in [1.54, 1.807) is 17.0 Å². The lowest BCUT2D eigenvalue weighted by Crippen LogP contribution is -2.42. The van der Waals surface area contributed by atoms with E-state index in [4.69, 9.17) is 14.2 Å². The standard InChI is InChI=1S/C18H25NO6/c1-18(2,3)25-17(22)19-8-4-5-12(19)15(21)14-11(9-20)6-7-13-16(14)24-10-23-13/h6-7,12,15,20-21H,4-5,8-10H2,1-3H3. The number of carbonyl (C=O) groups is 1. The third-order valence-electron chi connectivity index (χ3n) is 4.43. The first-order valence-corrected chi connectivity index (χ1v) is 8.51. The van der Waals surface area contributed by atoms with Crippen LogP contribution in [-0.2, 0) is 11.3 Å². The molecule has 3 rings (SSSR count). The van der Waals surface area contributed by atoms with Gasteiger partial charge in [0.25, 0.3) is 0 Å². The van der Waals surface area contributed by atoms with Crippen LogP contribution in [0.15, 0.2) is 12.1 Å². The molecule has 138 valence electrons. The minimum atomic E-state index is -0.992. The van der Waals surface area contributed by atoms with Gasteiger partial charge in [-0.3, -0.25) is 0 Å². The molecule has 25 heavy (non-hydrogen) atoms. The average Bonchev–Trinajstić information content (AvgIpc) is 3.20. The fraction of sp³-hybridized carbons (Fsp3) is 0.611. The Morgan fingerprint density at radius 3 is 2.84 bits per heavy atom. The van der Waals surface area contributed by atoms with Crippen LogP contribution in [0.25, 0.3) is 0 Å². The molecule has 2 atom stereocenters. The number of fused-ring (bicyclic) bond motifs is 1. The molecule has 1 aromatic rings. The van der Waals surface area contributed by atoms with E-state index in [0.29, 0.717) is 35.6 Å². The molecule has 2 unspecified atom stereocenters. The summed E-state index contributed by atoms with van der Waals surface area (Å²) in [7, 11) is 0. The van der Waals surface area contributed by atoms with E-state index in [2.05, 4.69) is 0 Å². The van der Waals surface area contributed by atoms with E-state index < -0.39 is 23.8 Å². The molecule has 0 radical (unpaired) electrons. The smallest absolute Gasteiger partial charge is 0.410 e. The van der Waals surface area contributed by atoms with E-state index in [-0.39, 0.29) is 13.4 Å². The van der Waals surface area contributed by atoms with Crippen LogP contribution in [0.4, 0.5) is 4.79 Å². The summed E-state index contributed by atoms with van der Waals surface area (Å²) in [6, 6.07) is 2.99. The van der Waals surface area contributed by atoms with Crippen molar-refractivity contribution in [2.45, 2.75) is 58.0 Å². The Morgan fingerprint density at radius 1 is 1.40 bits per heavy atom. The Hall–Kier alpha value is -1.99. The molecule has 2 heterocycles. The summed E-state index contributed by atoms with van der Waals surface area (Å²) >= 11 is 0. The zero-order valence-corrected chi connectivity index (χ0v) is 14.8. The van der Waals surface area contributed by atoms with Gasteiger partial charge in [0.2, 0.25) is 6.79 Å². The highest BCUT2D eigenvalue weighted by molar-refractivity contribution is 5.69. The number of carbonyl (C=O) groups excluding carboxylic acids is 1. The van der Waals surface area contributed by atoms with E-state index in [9.17, 15) is 15.0 Å². The van der Waals surface area contributed by atoms with E-state index >= 15 is 0 Å². The maximum absolute atomic E-state index is 12.5. The molecule has 1 saturated heterocycles. The number of ether oxygens (including phenoxy) is 3. The Bertz CT molecular complexity index is 654.